The standard InChI is InChI=1S/C19H20N2O5S/c1-20-18(22)17-11-21(15-5-3-4-6-16(15)26-17)19(23)14-9-7-13(8-10-14)12-27(2,24)25/h3-10,17H,11-12H2,1-2H3,(H,20,22)/t17-/m0/s1. The monoisotopic (exact) mass is 388 g/mol. The van der Waals surface area contributed by atoms with Crippen LogP contribution < -0.4 is 15.0 Å². The molecule has 0 radical (unpaired) electrons. The zero-order chi connectivity index (χ0) is 19.6. The van der Waals surface area contributed by atoms with E-state index in [1.807, 2.05) is 0 Å². The number of carbonyl (C=O) groups is 2. The van der Waals surface area contributed by atoms with Crippen molar-refractivity contribution in [3.63, 3.8) is 0 Å². The van der Waals surface area contributed by atoms with Crippen molar-refractivity contribution in [3.05, 3.63) is 59.7 Å². The molecule has 1 aliphatic rings. The number of fused-ring (bicyclic) bond motifs is 1. The third kappa shape index (κ3) is 4.28. The molecule has 8 heteroatoms. The van der Waals surface area contributed by atoms with E-state index in [9.17, 15) is 18.0 Å². The quantitative estimate of drug-likeness (QED) is 0.854. The van der Waals surface area contributed by atoms with Gasteiger partial charge >= 0.3 is 0 Å². The van der Waals surface area contributed by atoms with Crippen molar-refractivity contribution in [1.29, 1.82) is 0 Å². The summed E-state index contributed by atoms with van der Waals surface area (Å²) >= 11 is 0. The number of nitrogens with zero attached hydrogens (tertiary/aromatic N) is 1. The molecule has 0 fully saturated rings. The van der Waals surface area contributed by atoms with Gasteiger partial charge in [0, 0.05) is 18.9 Å². The highest BCUT2D eigenvalue weighted by Crippen LogP contribution is 2.34. The molecule has 0 spiro atoms. The van der Waals surface area contributed by atoms with Crippen molar-refractivity contribution in [2.24, 2.45) is 0 Å². The first-order valence-electron chi connectivity index (χ1n) is 8.34. The largest absolute Gasteiger partial charge is 0.477 e. The van der Waals surface area contributed by atoms with Crippen LogP contribution in [0.15, 0.2) is 48.5 Å². The van der Waals surface area contributed by atoms with Gasteiger partial charge in [-0.05, 0) is 29.8 Å². The number of anilines is 1. The number of carbonyl (C=O) groups excluding carboxylic acids is 2. The van der Waals surface area contributed by atoms with Crippen LogP contribution in [0.5, 0.6) is 5.75 Å². The summed E-state index contributed by atoms with van der Waals surface area (Å²) in [7, 11) is -1.63. The van der Waals surface area contributed by atoms with Gasteiger partial charge < -0.3 is 15.0 Å². The molecular formula is C19H20N2O5S. The molecule has 0 unspecified atom stereocenters. The first-order chi connectivity index (χ1) is 12.8. The first kappa shape index (κ1) is 18.9. The molecule has 142 valence electrons. The Bertz CT molecular complexity index is 970. The second-order valence-electron chi connectivity index (χ2n) is 6.37. The number of rotatable bonds is 4. The van der Waals surface area contributed by atoms with E-state index in [1.54, 1.807) is 48.5 Å². The third-order valence-corrected chi connectivity index (χ3v) is 5.05. The number of nitrogens with one attached hydrogen (secondary N) is 1. The molecule has 0 bridgehead atoms. The molecule has 2 aromatic carbocycles. The lowest BCUT2D eigenvalue weighted by atomic mass is 10.1. The van der Waals surface area contributed by atoms with Crippen LogP contribution in [0.4, 0.5) is 5.69 Å². The predicted octanol–water partition coefficient (Wildman–Crippen LogP) is 1.39. The van der Waals surface area contributed by atoms with Gasteiger partial charge in [0.25, 0.3) is 11.8 Å². The third-order valence-electron chi connectivity index (χ3n) is 4.19. The fourth-order valence-electron chi connectivity index (χ4n) is 2.93. The van der Waals surface area contributed by atoms with E-state index in [0.29, 0.717) is 22.6 Å². The van der Waals surface area contributed by atoms with Gasteiger partial charge in [0.05, 0.1) is 18.0 Å². The molecule has 27 heavy (non-hydrogen) atoms. The van der Waals surface area contributed by atoms with E-state index >= 15 is 0 Å². The number of amides is 2. The topological polar surface area (TPSA) is 92.8 Å². The molecule has 0 aromatic heterocycles. The van der Waals surface area contributed by atoms with Gasteiger partial charge in [0.2, 0.25) is 0 Å². The molecular weight excluding hydrogens is 368 g/mol. The summed E-state index contributed by atoms with van der Waals surface area (Å²) in [4.78, 5) is 26.6. The second kappa shape index (κ2) is 7.40. The maximum atomic E-state index is 13.0. The zero-order valence-electron chi connectivity index (χ0n) is 15.0. The van der Waals surface area contributed by atoms with Crippen LogP contribution in [0.1, 0.15) is 15.9 Å². The number of likely N-dealkylation sites (N-methyl/N-ethyl adjacent to an activating group) is 1. The van der Waals surface area contributed by atoms with Crippen molar-refractivity contribution in [2.45, 2.75) is 11.9 Å². The Morgan fingerprint density at radius 3 is 2.44 bits per heavy atom. The lowest BCUT2D eigenvalue weighted by Gasteiger charge is -2.34. The normalized spacial score (nSPS) is 16.2. The Labute approximate surface area is 157 Å². The van der Waals surface area contributed by atoms with E-state index in [0.717, 1.165) is 6.26 Å². The Kier molecular flexibility index (Phi) is 5.18. The van der Waals surface area contributed by atoms with E-state index in [2.05, 4.69) is 5.32 Å². The summed E-state index contributed by atoms with van der Waals surface area (Å²) < 4.78 is 28.5. The molecule has 0 aliphatic carbocycles. The minimum Gasteiger partial charge on any atom is -0.477 e. The Balaban J connectivity index is 1.89. The first-order valence-corrected chi connectivity index (χ1v) is 10.4. The summed E-state index contributed by atoms with van der Waals surface area (Å²) in [6.07, 6.45) is 0.355. The SMILES string of the molecule is CNC(=O)[C@@H]1CN(C(=O)c2ccc(CS(C)(=O)=O)cc2)c2ccccc2O1. The van der Waals surface area contributed by atoms with Crippen molar-refractivity contribution >= 4 is 27.3 Å². The fourth-order valence-corrected chi connectivity index (χ4v) is 3.72. The van der Waals surface area contributed by atoms with Gasteiger partial charge in [0.1, 0.15) is 5.75 Å². The molecule has 2 aromatic rings. The number of ether oxygens (including phenoxy) is 1. The summed E-state index contributed by atoms with van der Waals surface area (Å²) in [5, 5.41) is 2.54. The highest BCUT2D eigenvalue weighted by Gasteiger charge is 2.33. The molecule has 1 atom stereocenters. The molecule has 2 amide bonds. The summed E-state index contributed by atoms with van der Waals surface area (Å²) in [5.74, 6) is -0.226. The van der Waals surface area contributed by atoms with Crippen LogP contribution in [0.3, 0.4) is 0 Å². The average Bonchev–Trinajstić information content (AvgIpc) is 2.65. The van der Waals surface area contributed by atoms with E-state index in [4.69, 9.17) is 4.74 Å². The maximum Gasteiger partial charge on any atom is 0.262 e. The molecule has 1 N–H and O–H groups in total. The average molecular weight is 388 g/mol. The van der Waals surface area contributed by atoms with Crippen molar-refractivity contribution in [2.75, 3.05) is 24.7 Å². The van der Waals surface area contributed by atoms with E-state index in [-0.39, 0.29) is 24.1 Å². The Morgan fingerprint density at radius 2 is 1.81 bits per heavy atom. The van der Waals surface area contributed by atoms with Crippen LogP contribution in [0, 0.1) is 0 Å². The van der Waals surface area contributed by atoms with Gasteiger partial charge in [0.15, 0.2) is 15.9 Å². The van der Waals surface area contributed by atoms with Crippen LogP contribution in [-0.4, -0.2) is 46.2 Å². The lowest BCUT2D eigenvalue weighted by Crippen LogP contribution is -2.50. The minimum absolute atomic E-state index is 0.0827. The molecule has 1 aliphatic heterocycles. The highest BCUT2D eigenvalue weighted by atomic mass is 32.2. The second-order valence-corrected chi connectivity index (χ2v) is 8.51. The summed E-state index contributed by atoms with van der Waals surface area (Å²) in [6, 6.07) is 13.5. The smallest absolute Gasteiger partial charge is 0.262 e. The number of para-hydroxylation sites is 2. The summed E-state index contributed by atoms with van der Waals surface area (Å²) in [5.41, 5.74) is 1.60. The number of sulfone groups is 1. The molecule has 3 rings (SSSR count). The molecule has 7 nitrogen and oxygen atoms in total. The predicted molar refractivity (Wildman–Crippen MR) is 102 cm³/mol. The van der Waals surface area contributed by atoms with E-state index in [1.165, 1.54) is 11.9 Å². The van der Waals surface area contributed by atoms with Crippen LogP contribution in [0.25, 0.3) is 0 Å². The maximum absolute atomic E-state index is 13.0. The number of hydrogen-bond donors (Lipinski definition) is 1. The van der Waals surface area contributed by atoms with Gasteiger partial charge in [-0.15, -0.1) is 0 Å². The van der Waals surface area contributed by atoms with Crippen molar-refractivity contribution < 1.29 is 22.7 Å². The van der Waals surface area contributed by atoms with Crippen LogP contribution in [-0.2, 0) is 20.4 Å². The minimum atomic E-state index is -3.15. The lowest BCUT2D eigenvalue weighted by molar-refractivity contribution is -0.127. The van der Waals surface area contributed by atoms with E-state index < -0.39 is 15.9 Å². The Hall–Kier alpha value is -2.87. The van der Waals surface area contributed by atoms with Gasteiger partial charge in [-0.1, -0.05) is 24.3 Å². The fraction of sp³-hybridized carbons (Fsp3) is 0.263. The van der Waals surface area contributed by atoms with Crippen molar-refractivity contribution in [1.82, 2.24) is 5.32 Å². The van der Waals surface area contributed by atoms with Crippen LogP contribution in [0.2, 0.25) is 0 Å². The van der Waals surface area contributed by atoms with Gasteiger partial charge in [-0.2, -0.15) is 0 Å². The van der Waals surface area contributed by atoms with Gasteiger partial charge in [-0.25, -0.2) is 8.42 Å². The van der Waals surface area contributed by atoms with Crippen LogP contribution >= 0.6 is 0 Å². The summed E-state index contributed by atoms with van der Waals surface area (Å²) in [6.45, 7) is 0.0839. The van der Waals surface area contributed by atoms with Crippen molar-refractivity contribution in [3.8, 4) is 5.75 Å². The molecule has 0 saturated carbocycles. The zero-order valence-corrected chi connectivity index (χ0v) is 15.8. The molecule has 0 saturated heterocycles. The molecule has 1 heterocycles. The number of benzene rings is 2. The van der Waals surface area contributed by atoms with Gasteiger partial charge in [-0.3, -0.25) is 9.59 Å². The number of hydrogen-bond acceptors (Lipinski definition) is 5. The Morgan fingerprint density at radius 1 is 1.15 bits per heavy atom. The highest BCUT2D eigenvalue weighted by molar-refractivity contribution is 7.89.